The van der Waals surface area contributed by atoms with Crippen LogP contribution in [0.2, 0.25) is 0 Å². The predicted octanol–water partition coefficient (Wildman–Crippen LogP) is 1.45. The van der Waals surface area contributed by atoms with Gasteiger partial charge in [0.1, 0.15) is 5.84 Å². The molecule has 0 saturated heterocycles. The Kier molecular flexibility index (Phi) is 3.12. The SMILES string of the molecule is COC1C(C)=CN=C(CCl)N1C. The minimum Gasteiger partial charge on any atom is -0.358 e. The fourth-order valence-electron chi connectivity index (χ4n) is 1.24. The number of alkyl halides is 1. The van der Waals surface area contributed by atoms with Crippen molar-refractivity contribution < 1.29 is 4.74 Å². The van der Waals surface area contributed by atoms with Crippen molar-refractivity contribution in [2.45, 2.75) is 13.2 Å². The molecule has 3 nitrogen and oxygen atoms in total. The summed E-state index contributed by atoms with van der Waals surface area (Å²) in [5.74, 6) is 1.26. The highest BCUT2D eigenvalue weighted by molar-refractivity contribution is 6.28. The minimum absolute atomic E-state index is 0.0174. The van der Waals surface area contributed by atoms with Crippen LogP contribution in [0.4, 0.5) is 0 Å². The van der Waals surface area contributed by atoms with Gasteiger partial charge >= 0.3 is 0 Å². The van der Waals surface area contributed by atoms with Crippen molar-refractivity contribution in [1.82, 2.24) is 4.90 Å². The van der Waals surface area contributed by atoms with Crippen molar-refractivity contribution in [2.24, 2.45) is 4.99 Å². The Bertz CT molecular complexity index is 225. The van der Waals surface area contributed by atoms with Gasteiger partial charge in [0.15, 0.2) is 6.23 Å². The zero-order valence-corrected chi connectivity index (χ0v) is 8.30. The average molecular weight is 189 g/mol. The summed E-state index contributed by atoms with van der Waals surface area (Å²) < 4.78 is 5.27. The zero-order valence-electron chi connectivity index (χ0n) is 7.54. The summed E-state index contributed by atoms with van der Waals surface area (Å²) in [6.07, 6.45) is 1.78. The molecule has 0 bridgehead atoms. The van der Waals surface area contributed by atoms with Gasteiger partial charge in [-0.3, -0.25) is 0 Å². The molecule has 1 unspecified atom stereocenters. The van der Waals surface area contributed by atoms with Crippen LogP contribution < -0.4 is 0 Å². The van der Waals surface area contributed by atoms with Crippen molar-refractivity contribution in [2.75, 3.05) is 20.0 Å². The van der Waals surface area contributed by atoms with Crippen LogP contribution in [0.5, 0.6) is 0 Å². The molecular weight excluding hydrogens is 176 g/mol. The molecule has 68 valence electrons. The number of hydrogen-bond donors (Lipinski definition) is 0. The van der Waals surface area contributed by atoms with Crippen molar-refractivity contribution in [1.29, 1.82) is 0 Å². The number of methoxy groups -OCH3 is 1. The molecule has 1 atom stereocenters. The number of hydrogen-bond acceptors (Lipinski definition) is 3. The van der Waals surface area contributed by atoms with Crippen LogP contribution in [0.1, 0.15) is 6.92 Å². The molecule has 1 heterocycles. The number of amidine groups is 1. The standard InChI is InChI=1S/C8H13ClN2O/c1-6-5-10-7(4-9)11(2)8(6)12-3/h5,8H,4H2,1-3H3. The largest absolute Gasteiger partial charge is 0.358 e. The molecule has 0 N–H and O–H groups in total. The number of likely N-dealkylation sites (N-methyl/N-ethyl adjacent to an activating group) is 1. The predicted molar refractivity (Wildman–Crippen MR) is 50.5 cm³/mol. The molecule has 0 aromatic heterocycles. The summed E-state index contributed by atoms with van der Waals surface area (Å²) in [5, 5.41) is 0. The number of ether oxygens (including phenoxy) is 1. The lowest BCUT2D eigenvalue weighted by Crippen LogP contribution is -2.41. The summed E-state index contributed by atoms with van der Waals surface area (Å²) >= 11 is 5.69. The fourth-order valence-corrected chi connectivity index (χ4v) is 1.50. The van der Waals surface area contributed by atoms with E-state index < -0.39 is 0 Å². The quantitative estimate of drug-likeness (QED) is 0.613. The lowest BCUT2D eigenvalue weighted by Gasteiger charge is -2.31. The first kappa shape index (κ1) is 9.55. The van der Waals surface area contributed by atoms with Gasteiger partial charge in [0.25, 0.3) is 0 Å². The Morgan fingerprint density at radius 1 is 1.75 bits per heavy atom. The van der Waals surface area contributed by atoms with Gasteiger partial charge in [0.2, 0.25) is 0 Å². The Hall–Kier alpha value is -0.540. The van der Waals surface area contributed by atoms with Crippen molar-refractivity contribution in [3.05, 3.63) is 11.8 Å². The molecule has 0 radical (unpaired) electrons. The molecule has 1 aliphatic rings. The van der Waals surface area contributed by atoms with Crippen LogP contribution >= 0.6 is 11.6 Å². The van der Waals surface area contributed by atoms with Crippen LogP contribution in [-0.2, 0) is 4.74 Å². The molecule has 0 aliphatic carbocycles. The van der Waals surface area contributed by atoms with Gasteiger partial charge in [-0.05, 0) is 12.5 Å². The molecule has 0 aromatic carbocycles. The van der Waals surface area contributed by atoms with E-state index in [0.29, 0.717) is 5.88 Å². The van der Waals surface area contributed by atoms with Gasteiger partial charge in [-0.1, -0.05) is 0 Å². The smallest absolute Gasteiger partial charge is 0.154 e. The number of rotatable bonds is 2. The third-order valence-electron chi connectivity index (χ3n) is 1.91. The molecule has 0 fully saturated rings. The van der Waals surface area contributed by atoms with Gasteiger partial charge in [-0.15, -0.1) is 11.6 Å². The molecule has 0 aromatic rings. The molecule has 0 spiro atoms. The van der Waals surface area contributed by atoms with E-state index in [2.05, 4.69) is 4.99 Å². The second-order valence-electron chi connectivity index (χ2n) is 2.75. The molecule has 0 saturated carbocycles. The first-order valence-electron chi connectivity index (χ1n) is 3.75. The van der Waals surface area contributed by atoms with E-state index in [1.807, 2.05) is 18.9 Å². The van der Waals surface area contributed by atoms with Gasteiger partial charge < -0.3 is 9.64 Å². The maximum absolute atomic E-state index is 5.69. The first-order chi connectivity index (χ1) is 5.70. The van der Waals surface area contributed by atoms with Crippen LogP contribution in [-0.4, -0.2) is 37.0 Å². The summed E-state index contributed by atoms with van der Waals surface area (Å²) in [4.78, 5) is 6.11. The third kappa shape index (κ3) is 1.62. The van der Waals surface area contributed by atoms with E-state index >= 15 is 0 Å². The Morgan fingerprint density at radius 2 is 2.42 bits per heavy atom. The van der Waals surface area contributed by atoms with E-state index in [0.717, 1.165) is 11.4 Å². The maximum atomic E-state index is 5.69. The summed E-state index contributed by atoms with van der Waals surface area (Å²) in [6.45, 7) is 1.99. The van der Waals surface area contributed by atoms with Gasteiger partial charge in [0.05, 0.1) is 5.88 Å². The van der Waals surface area contributed by atoms with Crippen LogP contribution in [0.3, 0.4) is 0 Å². The zero-order chi connectivity index (χ0) is 9.14. The Labute approximate surface area is 77.7 Å². The fraction of sp³-hybridized carbons (Fsp3) is 0.625. The Morgan fingerprint density at radius 3 is 2.92 bits per heavy atom. The van der Waals surface area contributed by atoms with E-state index in [1.54, 1.807) is 13.3 Å². The van der Waals surface area contributed by atoms with E-state index in [-0.39, 0.29) is 6.23 Å². The topological polar surface area (TPSA) is 24.8 Å². The van der Waals surface area contributed by atoms with Gasteiger partial charge in [0, 0.05) is 20.4 Å². The lowest BCUT2D eigenvalue weighted by molar-refractivity contribution is 0.0465. The van der Waals surface area contributed by atoms with E-state index in [1.165, 1.54) is 0 Å². The average Bonchev–Trinajstić information content (AvgIpc) is 2.06. The number of aliphatic imine (C=N–C) groups is 1. The second-order valence-corrected chi connectivity index (χ2v) is 3.02. The lowest BCUT2D eigenvalue weighted by atomic mass is 10.2. The van der Waals surface area contributed by atoms with Crippen molar-refractivity contribution in [3.8, 4) is 0 Å². The summed E-state index contributed by atoms with van der Waals surface area (Å²) in [6, 6.07) is 0. The molecule has 1 aliphatic heterocycles. The van der Waals surface area contributed by atoms with Crippen molar-refractivity contribution >= 4 is 17.4 Å². The number of nitrogens with zero attached hydrogens (tertiary/aromatic N) is 2. The first-order valence-corrected chi connectivity index (χ1v) is 4.29. The number of halogens is 1. The summed E-state index contributed by atoms with van der Waals surface area (Å²) in [7, 11) is 3.60. The highest BCUT2D eigenvalue weighted by Gasteiger charge is 2.21. The van der Waals surface area contributed by atoms with Gasteiger partial charge in [-0.2, -0.15) is 0 Å². The van der Waals surface area contributed by atoms with Crippen LogP contribution in [0.15, 0.2) is 16.8 Å². The molecule has 12 heavy (non-hydrogen) atoms. The van der Waals surface area contributed by atoms with Crippen LogP contribution in [0, 0.1) is 0 Å². The highest BCUT2D eigenvalue weighted by atomic mass is 35.5. The second kappa shape index (κ2) is 3.92. The Balaban J connectivity index is 2.84. The highest BCUT2D eigenvalue weighted by Crippen LogP contribution is 2.15. The van der Waals surface area contributed by atoms with E-state index in [4.69, 9.17) is 16.3 Å². The maximum Gasteiger partial charge on any atom is 0.154 e. The molecule has 1 rings (SSSR count). The van der Waals surface area contributed by atoms with Crippen molar-refractivity contribution in [3.63, 3.8) is 0 Å². The minimum atomic E-state index is -0.0174. The normalized spacial score (nSPS) is 23.7. The van der Waals surface area contributed by atoms with Crippen LogP contribution in [0.25, 0.3) is 0 Å². The summed E-state index contributed by atoms with van der Waals surface area (Å²) in [5.41, 5.74) is 1.09. The molecular formula is C8H13ClN2O. The van der Waals surface area contributed by atoms with Gasteiger partial charge in [-0.25, -0.2) is 4.99 Å². The monoisotopic (exact) mass is 188 g/mol. The third-order valence-corrected chi connectivity index (χ3v) is 2.15. The molecule has 0 amide bonds. The molecule has 4 heteroatoms. The van der Waals surface area contributed by atoms with E-state index in [9.17, 15) is 0 Å².